The largest absolute Gasteiger partial charge is 0.369 e. The molecule has 0 aromatic heterocycles. The lowest BCUT2D eigenvalue weighted by molar-refractivity contribution is 0.185. The Balaban J connectivity index is 1.89. The Hall–Kier alpha value is -0.380. The van der Waals surface area contributed by atoms with Crippen LogP contribution in [-0.2, 0) is 0 Å². The van der Waals surface area contributed by atoms with Crippen LogP contribution in [0.3, 0.4) is 0 Å². The summed E-state index contributed by atoms with van der Waals surface area (Å²) in [6.07, 6.45) is 0. The molecule has 1 aromatic carbocycles. The number of anilines is 1. The minimum Gasteiger partial charge on any atom is -0.369 e. The second-order valence-electron chi connectivity index (χ2n) is 6.07. The molecule has 1 saturated heterocycles. The van der Waals surface area contributed by atoms with Crippen molar-refractivity contribution in [3.05, 3.63) is 29.3 Å². The van der Waals surface area contributed by atoms with Gasteiger partial charge in [0.2, 0.25) is 0 Å². The van der Waals surface area contributed by atoms with E-state index in [1.165, 1.54) is 5.69 Å². The van der Waals surface area contributed by atoms with E-state index in [0.717, 1.165) is 43.5 Å². The lowest BCUT2D eigenvalue weighted by Crippen LogP contribution is -2.49. The van der Waals surface area contributed by atoms with Crippen LogP contribution in [-0.4, -0.2) is 43.4 Å². The standard InChI is InChI=1S/C15H23ClN2S/c1-15(2,12-19)11-17-6-8-18(9-7-17)14-5-3-4-13(16)10-14/h3-5,10,19H,6-9,11-12H2,1-2H3. The molecule has 106 valence electrons. The molecule has 0 aliphatic carbocycles. The van der Waals surface area contributed by atoms with Gasteiger partial charge in [-0.2, -0.15) is 12.6 Å². The Labute approximate surface area is 127 Å². The third-order valence-electron chi connectivity index (χ3n) is 3.63. The quantitative estimate of drug-likeness (QED) is 0.851. The van der Waals surface area contributed by atoms with E-state index in [1.54, 1.807) is 0 Å². The third kappa shape index (κ3) is 4.30. The van der Waals surface area contributed by atoms with Crippen LogP contribution in [0.1, 0.15) is 13.8 Å². The van der Waals surface area contributed by atoms with Gasteiger partial charge >= 0.3 is 0 Å². The van der Waals surface area contributed by atoms with E-state index in [-0.39, 0.29) is 0 Å². The Kier molecular flexibility index (Phi) is 5.04. The first-order chi connectivity index (χ1) is 9.00. The second kappa shape index (κ2) is 6.38. The highest BCUT2D eigenvalue weighted by Crippen LogP contribution is 2.23. The van der Waals surface area contributed by atoms with E-state index >= 15 is 0 Å². The number of hydrogen-bond acceptors (Lipinski definition) is 3. The minimum absolute atomic E-state index is 0.293. The second-order valence-corrected chi connectivity index (χ2v) is 6.82. The fourth-order valence-corrected chi connectivity index (χ4v) is 2.78. The van der Waals surface area contributed by atoms with E-state index in [9.17, 15) is 0 Å². The molecule has 0 saturated carbocycles. The lowest BCUT2D eigenvalue weighted by Gasteiger charge is -2.39. The first-order valence-corrected chi connectivity index (χ1v) is 7.85. The Morgan fingerprint density at radius 2 is 1.89 bits per heavy atom. The van der Waals surface area contributed by atoms with Crippen molar-refractivity contribution in [3.63, 3.8) is 0 Å². The van der Waals surface area contributed by atoms with Gasteiger partial charge in [-0.3, -0.25) is 4.90 Å². The fourth-order valence-electron chi connectivity index (χ4n) is 2.49. The number of thiol groups is 1. The summed E-state index contributed by atoms with van der Waals surface area (Å²) in [7, 11) is 0. The highest BCUT2D eigenvalue weighted by Gasteiger charge is 2.23. The van der Waals surface area contributed by atoms with Gasteiger partial charge in [-0.1, -0.05) is 31.5 Å². The molecule has 1 aliphatic rings. The van der Waals surface area contributed by atoms with Gasteiger partial charge in [0.05, 0.1) is 0 Å². The van der Waals surface area contributed by atoms with Gasteiger partial charge in [0.15, 0.2) is 0 Å². The van der Waals surface area contributed by atoms with Crippen LogP contribution in [0.25, 0.3) is 0 Å². The maximum Gasteiger partial charge on any atom is 0.0426 e. The zero-order valence-corrected chi connectivity index (χ0v) is 13.4. The molecule has 19 heavy (non-hydrogen) atoms. The van der Waals surface area contributed by atoms with Crippen molar-refractivity contribution in [2.24, 2.45) is 5.41 Å². The van der Waals surface area contributed by atoms with Crippen LogP contribution >= 0.6 is 24.2 Å². The highest BCUT2D eigenvalue weighted by molar-refractivity contribution is 7.80. The molecule has 1 aromatic rings. The van der Waals surface area contributed by atoms with Gasteiger partial charge in [-0.15, -0.1) is 0 Å². The average molecular weight is 299 g/mol. The van der Waals surface area contributed by atoms with Crippen molar-refractivity contribution < 1.29 is 0 Å². The maximum atomic E-state index is 6.05. The van der Waals surface area contributed by atoms with Crippen LogP contribution in [0.4, 0.5) is 5.69 Å². The smallest absolute Gasteiger partial charge is 0.0426 e. The summed E-state index contributed by atoms with van der Waals surface area (Å²) in [5.41, 5.74) is 1.53. The summed E-state index contributed by atoms with van der Waals surface area (Å²) in [6, 6.07) is 8.14. The molecule has 2 nitrogen and oxygen atoms in total. The monoisotopic (exact) mass is 298 g/mol. The molecular weight excluding hydrogens is 276 g/mol. The molecule has 0 radical (unpaired) electrons. The summed E-state index contributed by atoms with van der Waals surface area (Å²) >= 11 is 10.5. The van der Waals surface area contributed by atoms with Gasteiger partial charge in [0.25, 0.3) is 0 Å². The third-order valence-corrected chi connectivity index (χ3v) is 4.72. The van der Waals surface area contributed by atoms with Crippen molar-refractivity contribution in [1.29, 1.82) is 0 Å². The SMILES string of the molecule is CC(C)(CS)CN1CCN(c2cccc(Cl)c2)CC1. The molecule has 0 unspecified atom stereocenters. The number of piperazine rings is 1. The van der Waals surface area contributed by atoms with E-state index in [4.69, 9.17) is 11.6 Å². The molecule has 1 fully saturated rings. The molecule has 4 heteroatoms. The van der Waals surface area contributed by atoms with Crippen LogP contribution in [0, 0.1) is 5.41 Å². The highest BCUT2D eigenvalue weighted by atomic mass is 35.5. The first-order valence-electron chi connectivity index (χ1n) is 6.84. The Bertz CT molecular complexity index is 414. The molecule has 0 bridgehead atoms. The van der Waals surface area contributed by atoms with Gasteiger partial charge in [-0.05, 0) is 29.4 Å². The molecular formula is C15H23ClN2S. The number of benzene rings is 1. The molecule has 1 heterocycles. The minimum atomic E-state index is 0.293. The van der Waals surface area contributed by atoms with Gasteiger partial charge < -0.3 is 4.90 Å². The molecule has 0 spiro atoms. The maximum absolute atomic E-state index is 6.05. The summed E-state index contributed by atoms with van der Waals surface area (Å²) < 4.78 is 0. The number of nitrogens with zero attached hydrogens (tertiary/aromatic N) is 2. The van der Waals surface area contributed by atoms with E-state index in [1.807, 2.05) is 12.1 Å². The van der Waals surface area contributed by atoms with Gasteiger partial charge in [0.1, 0.15) is 0 Å². The summed E-state index contributed by atoms with van der Waals surface area (Å²) in [5.74, 6) is 0.932. The summed E-state index contributed by atoms with van der Waals surface area (Å²) in [4.78, 5) is 4.95. The van der Waals surface area contributed by atoms with Crippen molar-refractivity contribution in [2.45, 2.75) is 13.8 Å². The van der Waals surface area contributed by atoms with Gasteiger partial charge in [0, 0.05) is 43.4 Å². The van der Waals surface area contributed by atoms with Crippen LogP contribution in [0.15, 0.2) is 24.3 Å². The molecule has 0 N–H and O–H groups in total. The van der Waals surface area contributed by atoms with Crippen LogP contribution < -0.4 is 4.90 Å². The average Bonchev–Trinajstić information content (AvgIpc) is 2.39. The number of hydrogen-bond donors (Lipinski definition) is 1. The molecule has 0 amide bonds. The zero-order chi connectivity index (χ0) is 13.9. The molecule has 2 rings (SSSR count). The van der Waals surface area contributed by atoms with Crippen molar-refractivity contribution in [1.82, 2.24) is 4.90 Å². The Morgan fingerprint density at radius 1 is 1.21 bits per heavy atom. The van der Waals surface area contributed by atoms with E-state index < -0.39 is 0 Å². The van der Waals surface area contributed by atoms with Crippen LogP contribution in [0.5, 0.6) is 0 Å². The zero-order valence-electron chi connectivity index (χ0n) is 11.8. The normalized spacial score (nSPS) is 17.8. The number of rotatable bonds is 4. The first kappa shape index (κ1) is 15.0. The molecule has 0 atom stereocenters. The van der Waals surface area contributed by atoms with E-state index in [0.29, 0.717) is 5.41 Å². The fraction of sp³-hybridized carbons (Fsp3) is 0.600. The summed E-state index contributed by atoms with van der Waals surface area (Å²) in [6.45, 7) is 10.1. The van der Waals surface area contributed by atoms with Gasteiger partial charge in [-0.25, -0.2) is 0 Å². The van der Waals surface area contributed by atoms with Crippen LogP contribution in [0.2, 0.25) is 5.02 Å². The predicted octanol–water partition coefficient (Wildman–Crippen LogP) is 3.42. The lowest BCUT2D eigenvalue weighted by atomic mass is 9.95. The van der Waals surface area contributed by atoms with Crippen molar-refractivity contribution in [2.75, 3.05) is 43.4 Å². The van der Waals surface area contributed by atoms with Crippen molar-refractivity contribution >= 4 is 29.9 Å². The van der Waals surface area contributed by atoms with Crippen molar-refractivity contribution in [3.8, 4) is 0 Å². The molecule has 1 aliphatic heterocycles. The Morgan fingerprint density at radius 3 is 2.47 bits per heavy atom. The summed E-state index contributed by atoms with van der Waals surface area (Å²) in [5, 5.41) is 0.816. The number of halogens is 1. The predicted molar refractivity (Wildman–Crippen MR) is 87.7 cm³/mol. The van der Waals surface area contributed by atoms with E-state index in [2.05, 4.69) is 48.4 Å². The topological polar surface area (TPSA) is 6.48 Å².